The van der Waals surface area contributed by atoms with Crippen molar-refractivity contribution >= 4 is 39.3 Å². The first-order valence-corrected chi connectivity index (χ1v) is 10.3. The van der Waals surface area contributed by atoms with E-state index in [4.69, 9.17) is 11.6 Å². The van der Waals surface area contributed by atoms with Gasteiger partial charge in [0.2, 0.25) is 15.9 Å². The van der Waals surface area contributed by atoms with Crippen LogP contribution in [0.3, 0.4) is 0 Å². The van der Waals surface area contributed by atoms with Crippen LogP contribution in [0.15, 0.2) is 24.3 Å². The maximum atomic E-state index is 12.1. The second kappa shape index (κ2) is 7.68. The second-order valence-electron chi connectivity index (χ2n) is 5.16. The number of rotatable bonds is 5. The van der Waals surface area contributed by atoms with E-state index in [9.17, 15) is 13.2 Å². The Kier molecular flexibility index (Phi) is 6.14. The van der Waals surface area contributed by atoms with Gasteiger partial charge in [0, 0.05) is 37.0 Å². The summed E-state index contributed by atoms with van der Waals surface area (Å²) >= 11 is 7.38. The standard InChI is InChI=1S/C14H19ClN2O3S2/c1-22(19,20)17-8-6-16(7-9-17)14(18)11-21-10-12-2-4-13(15)5-3-12/h2-5H,6-11H2,1H3. The van der Waals surface area contributed by atoms with Crippen LogP contribution in [0.4, 0.5) is 0 Å². The molecule has 1 fully saturated rings. The molecule has 0 aliphatic carbocycles. The molecule has 1 heterocycles. The van der Waals surface area contributed by atoms with Crippen molar-refractivity contribution in [2.75, 3.05) is 38.2 Å². The molecule has 1 aromatic rings. The van der Waals surface area contributed by atoms with Crippen LogP contribution in [0.5, 0.6) is 0 Å². The van der Waals surface area contributed by atoms with Crippen LogP contribution in [0.1, 0.15) is 5.56 Å². The van der Waals surface area contributed by atoms with Gasteiger partial charge in [-0.25, -0.2) is 8.42 Å². The van der Waals surface area contributed by atoms with Gasteiger partial charge in [-0.05, 0) is 17.7 Å². The molecule has 0 radical (unpaired) electrons. The summed E-state index contributed by atoms with van der Waals surface area (Å²) in [5.41, 5.74) is 1.13. The Morgan fingerprint density at radius 3 is 2.32 bits per heavy atom. The minimum atomic E-state index is -3.15. The molecule has 0 atom stereocenters. The molecule has 0 N–H and O–H groups in total. The lowest BCUT2D eigenvalue weighted by atomic mass is 10.2. The summed E-state index contributed by atoms with van der Waals surface area (Å²) in [5.74, 6) is 1.22. The lowest BCUT2D eigenvalue weighted by molar-refractivity contribution is -0.129. The van der Waals surface area contributed by atoms with Crippen LogP contribution >= 0.6 is 23.4 Å². The summed E-state index contributed by atoms with van der Waals surface area (Å²) < 4.78 is 24.3. The van der Waals surface area contributed by atoms with Crippen molar-refractivity contribution in [3.05, 3.63) is 34.9 Å². The molecule has 1 aliphatic heterocycles. The minimum absolute atomic E-state index is 0.0621. The van der Waals surface area contributed by atoms with Crippen LogP contribution < -0.4 is 0 Å². The van der Waals surface area contributed by atoms with Crippen molar-refractivity contribution in [3.8, 4) is 0 Å². The largest absolute Gasteiger partial charge is 0.339 e. The molecule has 0 saturated carbocycles. The molecule has 2 rings (SSSR count). The first-order valence-electron chi connectivity index (χ1n) is 6.91. The van der Waals surface area contributed by atoms with Crippen LogP contribution in [0.25, 0.3) is 0 Å². The fraction of sp³-hybridized carbons (Fsp3) is 0.500. The van der Waals surface area contributed by atoms with Crippen molar-refractivity contribution in [1.29, 1.82) is 0 Å². The Morgan fingerprint density at radius 1 is 1.18 bits per heavy atom. The Bertz CT molecular complexity index is 611. The Morgan fingerprint density at radius 2 is 1.77 bits per heavy atom. The first kappa shape index (κ1) is 17.6. The third kappa shape index (κ3) is 5.15. The number of halogens is 1. The lowest BCUT2D eigenvalue weighted by Gasteiger charge is -2.33. The monoisotopic (exact) mass is 362 g/mol. The summed E-state index contributed by atoms with van der Waals surface area (Å²) in [6, 6.07) is 7.57. The maximum Gasteiger partial charge on any atom is 0.232 e. The highest BCUT2D eigenvalue weighted by Crippen LogP contribution is 2.16. The zero-order valence-electron chi connectivity index (χ0n) is 12.4. The minimum Gasteiger partial charge on any atom is -0.339 e. The molecule has 1 aromatic carbocycles. The van der Waals surface area contributed by atoms with Gasteiger partial charge in [0.15, 0.2) is 0 Å². The van der Waals surface area contributed by atoms with Crippen molar-refractivity contribution < 1.29 is 13.2 Å². The van der Waals surface area contributed by atoms with Gasteiger partial charge in [0.25, 0.3) is 0 Å². The molecule has 0 unspecified atom stereocenters. The van der Waals surface area contributed by atoms with E-state index in [0.29, 0.717) is 37.0 Å². The summed E-state index contributed by atoms with van der Waals surface area (Å²) in [6.45, 7) is 1.69. The van der Waals surface area contributed by atoms with Crippen LogP contribution in [0, 0.1) is 0 Å². The van der Waals surface area contributed by atoms with Crippen molar-refractivity contribution in [3.63, 3.8) is 0 Å². The summed E-state index contributed by atoms with van der Waals surface area (Å²) in [4.78, 5) is 13.8. The number of sulfonamides is 1. The molecule has 5 nitrogen and oxygen atoms in total. The van der Waals surface area contributed by atoms with Gasteiger partial charge >= 0.3 is 0 Å². The van der Waals surface area contributed by atoms with E-state index in [2.05, 4.69) is 0 Å². The molecule has 0 aromatic heterocycles. The van der Waals surface area contributed by atoms with E-state index >= 15 is 0 Å². The molecule has 22 heavy (non-hydrogen) atoms. The molecule has 8 heteroatoms. The Hall–Kier alpha value is -0.760. The van der Waals surface area contributed by atoms with E-state index in [1.165, 1.54) is 10.6 Å². The molecule has 1 aliphatic rings. The lowest BCUT2D eigenvalue weighted by Crippen LogP contribution is -2.50. The van der Waals surface area contributed by atoms with Crippen LogP contribution in [0.2, 0.25) is 5.02 Å². The molecule has 0 bridgehead atoms. The van der Waals surface area contributed by atoms with Gasteiger partial charge in [-0.2, -0.15) is 4.31 Å². The Balaban J connectivity index is 1.73. The quantitative estimate of drug-likeness (QED) is 0.799. The van der Waals surface area contributed by atoms with Gasteiger partial charge in [0.1, 0.15) is 0 Å². The fourth-order valence-corrected chi connectivity index (χ4v) is 4.04. The first-order chi connectivity index (χ1) is 10.4. The van der Waals surface area contributed by atoms with Crippen LogP contribution in [-0.2, 0) is 20.6 Å². The maximum absolute atomic E-state index is 12.1. The molecule has 122 valence electrons. The van der Waals surface area contributed by atoms with E-state index in [-0.39, 0.29) is 5.91 Å². The summed E-state index contributed by atoms with van der Waals surface area (Å²) in [6.07, 6.45) is 1.20. The molecular formula is C14H19ClN2O3S2. The predicted octanol–water partition coefficient (Wildman–Crippen LogP) is 1.68. The van der Waals surface area contributed by atoms with Gasteiger partial charge in [-0.15, -0.1) is 11.8 Å². The van der Waals surface area contributed by atoms with E-state index in [1.807, 2.05) is 24.3 Å². The number of hydrogen-bond donors (Lipinski definition) is 0. The zero-order valence-corrected chi connectivity index (χ0v) is 14.8. The zero-order chi connectivity index (χ0) is 16.2. The topological polar surface area (TPSA) is 57.7 Å². The number of carbonyl (C=O) groups is 1. The highest BCUT2D eigenvalue weighted by molar-refractivity contribution is 7.99. The average molecular weight is 363 g/mol. The number of thioether (sulfide) groups is 1. The third-order valence-electron chi connectivity index (χ3n) is 3.47. The molecule has 0 spiro atoms. The number of nitrogens with zero attached hydrogens (tertiary/aromatic N) is 2. The SMILES string of the molecule is CS(=O)(=O)N1CCN(C(=O)CSCc2ccc(Cl)cc2)CC1. The van der Waals surface area contributed by atoms with E-state index in [1.54, 1.807) is 16.7 Å². The molecule has 1 amide bonds. The van der Waals surface area contributed by atoms with Crippen molar-refractivity contribution in [2.45, 2.75) is 5.75 Å². The number of hydrogen-bond acceptors (Lipinski definition) is 4. The van der Waals surface area contributed by atoms with Gasteiger partial charge < -0.3 is 4.90 Å². The van der Waals surface area contributed by atoms with Crippen molar-refractivity contribution in [2.24, 2.45) is 0 Å². The van der Waals surface area contributed by atoms with Gasteiger partial charge in [-0.1, -0.05) is 23.7 Å². The van der Waals surface area contributed by atoms with E-state index < -0.39 is 10.0 Å². The van der Waals surface area contributed by atoms with Gasteiger partial charge in [0.05, 0.1) is 12.0 Å². The molecular weight excluding hydrogens is 344 g/mol. The number of benzene rings is 1. The number of carbonyl (C=O) groups excluding carboxylic acids is 1. The number of amides is 1. The Labute approximate surface area is 140 Å². The molecule has 1 saturated heterocycles. The van der Waals surface area contributed by atoms with E-state index in [0.717, 1.165) is 11.3 Å². The van der Waals surface area contributed by atoms with Crippen molar-refractivity contribution in [1.82, 2.24) is 9.21 Å². The summed E-state index contributed by atoms with van der Waals surface area (Å²) in [5, 5.41) is 0.702. The number of piperazine rings is 1. The normalized spacial score (nSPS) is 16.7. The van der Waals surface area contributed by atoms with Gasteiger partial charge in [-0.3, -0.25) is 4.79 Å². The van der Waals surface area contributed by atoms with Crippen LogP contribution in [-0.4, -0.2) is 61.7 Å². The third-order valence-corrected chi connectivity index (χ3v) is 6.01. The fourth-order valence-electron chi connectivity index (χ4n) is 2.20. The predicted molar refractivity (Wildman–Crippen MR) is 90.6 cm³/mol. The summed E-state index contributed by atoms with van der Waals surface area (Å²) in [7, 11) is -3.15. The average Bonchev–Trinajstić information content (AvgIpc) is 2.48. The highest BCUT2D eigenvalue weighted by atomic mass is 35.5. The second-order valence-corrected chi connectivity index (χ2v) is 8.57. The smallest absolute Gasteiger partial charge is 0.232 e. The highest BCUT2D eigenvalue weighted by Gasteiger charge is 2.25.